The third kappa shape index (κ3) is 2.76. The first-order valence-corrected chi connectivity index (χ1v) is 9.36. The maximum absolute atomic E-state index is 6.56. The van der Waals surface area contributed by atoms with E-state index >= 15 is 0 Å². The minimum Gasteiger partial charge on any atom is -0.489 e. The second-order valence-corrected chi connectivity index (χ2v) is 8.40. The van der Waals surface area contributed by atoms with Gasteiger partial charge in [0.1, 0.15) is 11.9 Å². The Kier molecular flexibility index (Phi) is 4.36. The highest BCUT2D eigenvalue weighted by Crippen LogP contribution is 2.56. The summed E-state index contributed by atoms with van der Waals surface area (Å²) in [5, 5.41) is 0. The molecule has 0 heterocycles. The van der Waals surface area contributed by atoms with Crippen LogP contribution in [0.5, 0.6) is 5.75 Å². The van der Waals surface area contributed by atoms with Crippen molar-refractivity contribution in [3.8, 4) is 5.75 Å². The molecule has 2 aliphatic rings. The molecule has 1 aromatic carbocycles. The maximum atomic E-state index is 6.56. The van der Waals surface area contributed by atoms with Gasteiger partial charge in [-0.1, -0.05) is 61.2 Å². The summed E-state index contributed by atoms with van der Waals surface area (Å²) in [6.07, 6.45) is 8.36. The normalized spacial score (nSPS) is 27.7. The summed E-state index contributed by atoms with van der Waals surface area (Å²) in [6.45, 7) is 6.66. The van der Waals surface area contributed by atoms with Crippen molar-refractivity contribution >= 4 is 15.9 Å². The molecular weight excluding hydrogens is 324 g/mol. The quantitative estimate of drug-likeness (QED) is 0.609. The van der Waals surface area contributed by atoms with Crippen LogP contribution >= 0.6 is 15.9 Å². The van der Waals surface area contributed by atoms with Crippen LogP contribution in [0.2, 0.25) is 0 Å². The maximum Gasteiger partial charge on any atom is 0.123 e. The Bertz CT molecular complexity index is 502. The Morgan fingerprint density at radius 1 is 1.19 bits per heavy atom. The zero-order valence-corrected chi connectivity index (χ0v) is 15.1. The van der Waals surface area contributed by atoms with Crippen LogP contribution in [0, 0.1) is 12.3 Å². The number of rotatable bonds is 3. The van der Waals surface area contributed by atoms with E-state index in [9.17, 15) is 0 Å². The van der Waals surface area contributed by atoms with Gasteiger partial charge >= 0.3 is 0 Å². The number of ether oxygens (including phenoxy) is 1. The van der Waals surface area contributed by atoms with E-state index in [0.717, 1.165) is 12.2 Å². The molecule has 0 N–H and O–H groups in total. The van der Waals surface area contributed by atoms with Gasteiger partial charge in [-0.3, -0.25) is 0 Å². The van der Waals surface area contributed by atoms with Gasteiger partial charge in [0.05, 0.1) is 0 Å². The molecule has 2 unspecified atom stereocenters. The zero-order valence-electron chi connectivity index (χ0n) is 13.5. The van der Waals surface area contributed by atoms with Crippen LogP contribution in [0.1, 0.15) is 69.4 Å². The van der Waals surface area contributed by atoms with Crippen LogP contribution in [-0.4, -0.2) is 10.9 Å². The van der Waals surface area contributed by atoms with Gasteiger partial charge in [-0.15, -0.1) is 0 Å². The first-order chi connectivity index (χ1) is 10.0. The third-order valence-corrected chi connectivity index (χ3v) is 6.82. The van der Waals surface area contributed by atoms with Crippen molar-refractivity contribution in [3.05, 3.63) is 29.3 Å². The molecule has 2 aliphatic carbocycles. The van der Waals surface area contributed by atoms with Crippen molar-refractivity contribution in [3.63, 3.8) is 0 Å². The van der Waals surface area contributed by atoms with E-state index in [1.54, 1.807) is 0 Å². The van der Waals surface area contributed by atoms with Gasteiger partial charge in [0.25, 0.3) is 0 Å². The average Bonchev–Trinajstić information content (AvgIpc) is 2.47. The lowest BCUT2D eigenvalue weighted by atomic mass is 9.58. The number of aryl methyl sites for hydroxylation is 1. The molecule has 2 atom stereocenters. The minimum absolute atomic E-state index is 0.399. The number of alkyl halides is 1. The molecule has 0 aromatic heterocycles. The van der Waals surface area contributed by atoms with Crippen LogP contribution in [0.25, 0.3) is 0 Å². The molecule has 2 heteroatoms. The van der Waals surface area contributed by atoms with Crippen molar-refractivity contribution in [1.29, 1.82) is 0 Å². The summed E-state index contributed by atoms with van der Waals surface area (Å²) in [4.78, 5) is 0.655. The highest BCUT2D eigenvalue weighted by Gasteiger charge is 2.55. The number of hydrogen-bond acceptors (Lipinski definition) is 1. The summed E-state index contributed by atoms with van der Waals surface area (Å²) in [5.41, 5.74) is 3.04. The van der Waals surface area contributed by atoms with Gasteiger partial charge in [0, 0.05) is 10.2 Å². The molecule has 0 bridgehead atoms. The smallest absolute Gasteiger partial charge is 0.123 e. The molecule has 1 spiro atoms. The average molecular weight is 351 g/mol. The molecule has 0 saturated heterocycles. The topological polar surface area (TPSA) is 9.23 Å². The van der Waals surface area contributed by atoms with E-state index in [1.807, 2.05) is 0 Å². The lowest BCUT2D eigenvalue weighted by molar-refractivity contribution is -0.0606. The highest BCUT2D eigenvalue weighted by molar-refractivity contribution is 9.09. The standard InChI is InChI=1S/C19H27BrO/c1-13(2)15-8-7-14(3)11-16(15)21-18-12-17(20)19(18)9-5-4-6-10-19/h7-8,11,13,17-18H,4-6,9-10,12H2,1-3H3. The molecule has 0 amide bonds. The van der Waals surface area contributed by atoms with Crippen LogP contribution in [0.4, 0.5) is 0 Å². The van der Waals surface area contributed by atoms with E-state index in [2.05, 4.69) is 54.9 Å². The fourth-order valence-corrected chi connectivity index (χ4v) is 5.18. The number of hydrogen-bond donors (Lipinski definition) is 0. The summed E-state index contributed by atoms with van der Waals surface area (Å²) in [5.74, 6) is 1.64. The predicted octanol–water partition coefficient (Wildman–Crippen LogP) is 5.98. The minimum atomic E-state index is 0.399. The largest absolute Gasteiger partial charge is 0.489 e. The van der Waals surface area contributed by atoms with Crippen LogP contribution < -0.4 is 4.74 Å². The van der Waals surface area contributed by atoms with Gasteiger partial charge in [-0.05, 0) is 49.3 Å². The molecule has 0 radical (unpaired) electrons. The fraction of sp³-hybridized carbons (Fsp3) is 0.684. The van der Waals surface area contributed by atoms with Crippen molar-refractivity contribution in [1.82, 2.24) is 0 Å². The molecular formula is C19H27BrO. The lowest BCUT2D eigenvalue weighted by Gasteiger charge is -2.55. The monoisotopic (exact) mass is 350 g/mol. The fourth-order valence-electron chi connectivity index (χ4n) is 4.08. The first-order valence-electron chi connectivity index (χ1n) is 8.44. The number of halogens is 1. The Morgan fingerprint density at radius 3 is 2.52 bits per heavy atom. The summed E-state index contributed by atoms with van der Waals surface area (Å²) < 4.78 is 6.56. The number of benzene rings is 1. The SMILES string of the molecule is Cc1ccc(C(C)C)c(OC2CC(Br)C23CCCCC3)c1. The Labute approximate surface area is 137 Å². The summed E-state index contributed by atoms with van der Waals surface area (Å²) in [7, 11) is 0. The summed E-state index contributed by atoms with van der Waals surface area (Å²) in [6, 6.07) is 6.67. The van der Waals surface area contributed by atoms with Crippen molar-refractivity contribution in [2.45, 2.75) is 76.1 Å². The van der Waals surface area contributed by atoms with Gasteiger partial charge in [0.15, 0.2) is 0 Å². The first kappa shape index (κ1) is 15.4. The highest BCUT2D eigenvalue weighted by atomic mass is 79.9. The van der Waals surface area contributed by atoms with Gasteiger partial charge in [0.2, 0.25) is 0 Å². The van der Waals surface area contributed by atoms with E-state index in [-0.39, 0.29) is 0 Å². The lowest BCUT2D eigenvalue weighted by Crippen LogP contribution is -2.57. The molecule has 2 fully saturated rings. The molecule has 116 valence electrons. The van der Waals surface area contributed by atoms with Crippen LogP contribution in [-0.2, 0) is 0 Å². The molecule has 2 saturated carbocycles. The van der Waals surface area contributed by atoms with Gasteiger partial charge < -0.3 is 4.74 Å². The van der Waals surface area contributed by atoms with E-state index < -0.39 is 0 Å². The molecule has 21 heavy (non-hydrogen) atoms. The van der Waals surface area contributed by atoms with E-state index in [0.29, 0.717) is 22.3 Å². The Morgan fingerprint density at radius 2 is 1.90 bits per heavy atom. The van der Waals surface area contributed by atoms with E-state index in [4.69, 9.17) is 4.74 Å². The molecule has 1 nitrogen and oxygen atoms in total. The zero-order chi connectivity index (χ0) is 15.0. The predicted molar refractivity (Wildman–Crippen MR) is 92.5 cm³/mol. The van der Waals surface area contributed by atoms with Crippen molar-refractivity contribution < 1.29 is 4.74 Å². The van der Waals surface area contributed by atoms with E-state index in [1.165, 1.54) is 43.2 Å². The van der Waals surface area contributed by atoms with Crippen molar-refractivity contribution in [2.24, 2.45) is 5.41 Å². The molecule has 1 aromatic rings. The third-order valence-electron chi connectivity index (χ3n) is 5.53. The summed E-state index contributed by atoms with van der Waals surface area (Å²) >= 11 is 3.91. The Hall–Kier alpha value is -0.500. The molecule has 0 aliphatic heterocycles. The second-order valence-electron chi connectivity index (χ2n) is 7.30. The molecule has 3 rings (SSSR count). The van der Waals surface area contributed by atoms with Gasteiger partial charge in [-0.25, -0.2) is 0 Å². The van der Waals surface area contributed by atoms with Crippen LogP contribution in [0.15, 0.2) is 18.2 Å². The van der Waals surface area contributed by atoms with Crippen LogP contribution in [0.3, 0.4) is 0 Å². The second kappa shape index (κ2) is 5.95. The van der Waals surface area contributed by atoms with Crippen molar-refractivity contribution in [2.75, 3.05) is 0 Å². The van der Waals surface area contributed by atoms with Gasteiger partial charge in [-0.2, -0.15) is 0 Å². The Balaban J connectivity index is 1.82.